The Bertz CT molecular complexity index is 279. The minimum Gasteiger partial charge on any atom is -0.394 e. The van der Waals surface area contributed by atoms with Crippen LogP contribution in [0.15, 0.2) is 0 Å². The van der Waals surface area contributed by atoms with Crippen molar-refractivity contribution >= 4 is 5.91 Å². The molecule has 0 radical (unpaired) electrons. The molecule has 0 saturated carbocycles. The summed E-state index contributed by atoms with van der Waals surface area (Å²) in [4.78, 5) is 12.1. The summed E-state index contributed by atoms with van der Waals surface area (Å²) in [5.41, 5.74) is 5.25. The summed E-state index contributed by atoms with van der Waals surface area (Å²) in [6.45, 7) is 1.85. The van der Waals surface area contributed by atoms with Crippen LogP contribution in [-0.4, -0.2) is 55.6 Å². The summed E-state index contributed by atoms with van der Waals surface area (Å²) in [6.07, 6.45) is 1.27. The van der Waals surface area contributed by atoms with E-state index >= 15 is 0 Å². The molecular formula is C11H20N2O4. The number of carbonyl (C=O) groups is 1. The van der Waals surface area contributed by atoms with Crippen LogP contribution in [-0.2, 0) is 14.3 Å². The molecule has 0 aliphatic carbocycles. The minimum absolute atomic E-state index is 0.0646. The van der Waals surface area contributed by atoms with Gasteiger partial charge in [0.1, 0.15) is 0 Å². The van der Waals surface area contributed by atoms with Crippen molar-refractivity contribution in [2.75, 3.05) is 33.0 Å². The fourth-order valence-electron chi connectivity index (χ4n) is 2.28. The second-order valence-corrected chi connectivity index (χ2v) is 4.85. The number of aliphatic hydroxyl groups is 1. The normalized spacial score (nSPS) is 32.4. The Morgan fingerprint density at radius 1 is 1.35 bits per heavy atom. The van der Waals surface area contributed by atoms with Crippen molar-refractivity contribution in [3.8, 4) is 0 Å². The van der Waals surface area contributed by atoms with E-state index in [2.05, 4.69) is 5.32 Å². The lowest BCUT2D eigenvalue weighted by molar-refractivity contribution is -0.129. The number of ether oxygens (including phenoxy) is 2. The standard InChI is InChI=1S/C11H20N2O4/c12-9-6-17-5-8(9)10(15)13-11(7-14)1-3-16-4-2-11/h8-9,14H,1-7,12H2,(H,13,15). The van der Waals surface area contributed by atoms with E-state index in [0.29, 0.717) is 39.3 Å². The molecule has 0 aromatic heterocycles. The zero-order chi connectivity index (χ0) is 12.3. The smallest absolute Gasteiger partial charge is 0.227 e. The van der Waals surface area contributed by atoms with E-state index in [-0.39, 0.29) is 24.5 Å². The van der Waals surface area contributed by atoms with E-state index in [1.54, 1.807) is 0 Å². The van der Waals surface area contributed by atoms with Crippen molar-refractivity contribution in [2.24, 2.45) is 11.7 Å². The van der Waals surface area contributed by atoms with Gasteiger partial charge in [0.2, 0.25) is 5.91 Å². The third-order valence-electron chi connectivity index (χ3n) is 3.60. The monoisotopic (exact) mass is 244 g/mol. The lowest BCUT2D eigenvalue weighted by Crippen LogP contribution is -2.57. The predicted octanol–water partition coefficient (Wildman–Crippen LogP) is -1.38. The van der Waals surface area contributed by atoms with Gasteiger partial charge in [-0.05, 0) is 12.8 Å². The first-order chi connectivity index (χ1) is 8.17. The van der Waals surface area contributed by atoms with Crippen LogP contribution in [0.25, 0.3) is 0 Å². The van der Waals surface area contributed by atoms with Gasteiger partial charge in [0.05, 0.1) is 31.3 Å². The number of amides is 1. The number of carbonyl (C=O) groups excluding carboxylic acids is 1. The van der Waals surface area contributed by atoms with Crippen molar-refractivity contribution in [3.05, 3.63) is 0 Å². The van der Waals surface area contributed by atoms with Gasteiger partial charge < -0.3 is 25.6 Å². The van der Waals surface area contributed by atoms with Gasteiger partial charge in [-0.2, -0.15) is 0 Å². The first kappa shape index (κ1) is 12.8. The van der Waals surface area contributed by atoms with E-state index in [1.165, 1.54) is 0 Å². The molecule has 17 heavy (non-hydrogen) atoms. The van der Waals surface area contributed by atoms with Crippen LogP contribution in [0.5, 0.6) is 0 Å². The molecule has 2 saturated heterocycles. The largest absolute Gasteiger partial charge is 0.394 e. The molecule has 98 valence electrons. The van der Waals surface area contributed by atoms with Gasteiger partial charge in [0.15, 0.2) is 0 Å². The van der Waals surface area contributed by atoms with Gasteiger partial charge in [-0.15, -0.1) is 0 Å². The summed E-state index contributed by atoms with van der Waals surface area (Å²) in [7, 11) is 0. The fraction of sp³-hybridized carbons (Fsp3) is 0.909. The molecule has 2 heterocycles. The first-order valence-electron chi connectivity index (χ1n) is 6.01. The Labute approximate surface area is 100 Å². The lowest BCUT2D eigenvalue weighted by Gasteiger charge is -2.37. The van der Waals surface area contributed by atoms with Crippen LogP contribution in [0.2, 0.25) is 0 Å². The van der Waals surface area contributed by atoms with Gasteiger partial charge in [-0.1, -0.05) is 0 Å². The summed E-state index contributed by atoms with van der Waals surface area (Å²) in [6, 6.07) is -0.245. The van der Waals surface area contributed by atoms with Crippen molar-refractivity contribution in [1.82, 2.24) is 5.32 Å². The van der Waals surface area contributed by atoms with Gasteiger partial charge in [-0.25, -0.2) is 0 Å². The quantitative estimate of drug-likeness (QED) is 0.569. The van der Waals surface area contributed by atoms with E-state index in [0.717, 1.165) is 0 Å². The molecular weight excluding hydrogens is 224 g/mol. The highest BCUT2D eigenvalue weighted by atomic mass is 16.5. The zero-order valence-electron chi connectivity index (χ0n) is 9.85. The van der Waals surface area contributed by atoms with Gasteiger partial charge in [0.25, 0.3) is 0 Å². The highest BCUT2D eigenvalue weighted by Gasteiger charge is 2.38. The first-order valence-corrected chi connectivity index (χ1v) is 6.01. The van der Waals surface area contributed by atoms with Crippen LogP contribution < -0.4 is 11.1 Å². The summed E-state index contributed by atoms with van der Waals surface area (Å²) in [5, 5.41) is 12.4. The average molecular weight is 244 g/mol. The van der Waals surface area contributed by atoms with Crippen LogP contribution in [0.1, 0.15) is 12.8 Å². The molecule has 2 unspecified atom stereocenters. The zero-order valence-corrected chi connectivity index (χ0v) is 9.85. The average Bonchev–Trinajstić information content (AvgIpc) is 2.77. The van der Waals surface area contributed by atoms with Gasteiger partial charge in [-0.3, -0.25) is 4.79 Å². The van der Waals surface area contributed by atoms with E-state index < -0.39 is 5.54 Å². The highest BCUT2D eigenvalue weighted by molar-refractivity contribution is 5.80. The predicted molar refractivity (Wildman–Crippen MR) is 60.3 cm³/mol. The SMILES string of the molecule is NC1COCC1C(=O)NC1(CO)CCOCC1. The molecule has 6 heteroatoms. The van der Waals surface area contributed by atoms with E-state index in [9.17, 15) is 9.90 Å². The molecule has 2 fully saturated rings. The Morgan fingerprint density at radius 3 is 2.59 bits per heavy atom. The van der Waals surface area contributed by atoms with Crippen LogP contribution in [0.3, 0.4) is 0 Å². The summed E-state index contributed by atoms with van der Waals surface area (Å²) in [5.74, 6) is -0.424. The molecule has 2 aliphatic heterocycles. The fourth-order valence-corrected chi connectivity index (χ4v) is 2.28. The molecule has 0 bridgehead atoms. The van der Waals surface area contributed by atoms with E-state index in [4.69, 9.17) is 15.2 Å². The molecule has 4 N–H and O–H groups in total. The van der Waals surface area contributed by atoms with Gasteiger partial charge in [0, 0.05) is 19.3 Å². The maximum Gasteiger partial charge on any atom is 0.227 e. The minimum atomic E-state index is -0.544. The maximum absolute atomic E-state index is 12.1. The molecule has 2 aliphatic rings. The molecule has 0 spiro atoms. The Balaban J connectivity index is 1.95. The number of rotatable bonds is 3. The topological polar surface area (TPSA) is 93.8 Å². The second kappa shape index (κ2) is 5.30. The van der Waals surface area contributed by atoms with Crippen molar-refractivity contribution < 1.29 is 19.4 Å². The van der Waals surface area contributed by atoms with E-state index in [1.807, 2.05) is 0 Å². The Hall–Kier alpha value is -0.690. The second-order valence-electron chi connectivity index (χ2n) is 4.85. The van der Waals surface area contributed by atoms with Crippen molar-refractivity contribution in [1.29, 1.82) is 0 Å². The van der Waals surface area contributed by atoms with Crippen molar-refractivity contribution in [3.63, 3.8) is 0 Å². The van der Waals surface area contributed by atoms with Gasteiger partial charge >= 0.3 is 0 Å². The molecule has 2 atom stereocenters. The Kier molecular flexibility index (Phi) is 3.98. The number of aliphatic hydroxyl groups excluding tert-OH is 1. The number of hydrogen-bond acceptors (Lipinski definition) is 5. The number of hydrogen-bond donors (Lipinski definition) is 3. The van der Waals surface area contributed by atoms with Crippen LogP contribution in [0.4, 0.5) is 0 Å². The number of nitrogens with two attached hydrogens (primary N) is 1. The molecule has 6 nitrogen and oxygen atoms in total. The lowest BCUT2D eigenvalue weighted by atomic mass is 9.89. The molecule has 0 aromatic carbocycles. The number of nitrogens with one attached hydrogen (secondary N) is 1. The molecule has 0 aromatic rings. The van der Waals surface area contributed by atoms with Crippen LogP contribution >= 0.6 is 0 Å². The summed E-state index contributed by atoms with van der Waals surface area (Å²) >= 11 is 0. The van der Waals surface area contributed by atoms with Crippen LogP contribution in [0, 0.1) is 5.92 Å². The maximum atomic E-state index is 12.1. The third kappa shape index (κ3) is 2.77. The highest BCUT2D eigenvalue weighted by Crippen LogP contribution is 2.22. The molecule has 1 amide bonds. The Morgan fingerprint density at radius 2 is 2.06 bits per heavy atom. The third-order valence-corrected chi connectivity index (χ3v) is 3.60. The van der Waals surface area contributed by atoms with Crippen molar-refractivity contribution in [2.45, 2.75) is 24.4 Å². The summed E-state index contributed by atoms with van der Waals surface area (Å²) < 4.78 is 10.4. The molecule has 2 rings (SSSR count).